The molecule has 0 fully saturated rings. The zero-order valence-corrected chi connectivity index (χ0v) is 13.9. The molecule has 0 heterocycles. The quantitative estimate of drug-likeness (QED) is 0.694. The Bertz CT molecular complexity index is 408. The van der Waals surface area contributed by atoms with Crippen molar-refractivity contribution in [2.45, 2.75) is 33.2 Å². The minimum atomic E-state index is -0.487. The Hall–Kier alpha value is -1.10. The van der Waals surface area contributed by atoms with Crippen LogP contribution in [0, 0.1) is 0 Å². The van der Waals surface area contributed by atoms with Crippen molar-refractivity contribution >= 4 is 0 Å². The van der Waals surface area contributed by atoms with Crippen molar-refractivity contribution in [1.82, 2.24) is 10.2 Å². The fourth-order valence-corrected chi connectivity index (χ4v) is 2.47. The van der Waals surface area contributed by atoms with E-state index in [1.54, 1.807) is 0 Å². The fraction of sp³-hybridized carbons (Fsp3) is 0.647. The Morgan fingerprint density at radius 3 is 2.43 bits per heavy atom. The topological polar surface area (TPSA) is 44.7 Å². The van der Waals surface area contributed by atoms with Crippen LogP contribution in [0.4, 0.5) is 0 Å². The molecule has 0 aliphatic carbocycles. The highest BCUT2D eigenvalue weighted by Crippen LogP contribution is 2.29. The van der Waals surface area contributed by atoms with E-state index < -0.39 is 5.54 Å². The molecular weight excluding hydrogens is 264 g/mol. The summed E-state index contributed by atoms with van der Waals surface area (Å²) in [7, 11) is 0. The molecule has 1 aromatic rings. The first-order valence-corrected chi connectivity index (χ1v) is 7.91. The summed E-state index contributed by atoms with van der Waals surface area (Å²) < 4.78 is 5.69. The molecule has 1 unspecified atom stereocenters. The predicted molar refractivity (Wildman–Crippen MR) is 87.8 cm³/mol. The molecular formula is C17H30N2O2. The lowest BCUT2D eigenvalue weighted by molar-refractivity contribution is 0.164. The first-order valence-electron chi connectivity index (χ1n) is 7.91. The third kappa shape index (κ3) is 4.99. The lowest BCUT2D eigenvalue weighted by Crippen LogP contribution is -2.46. The Kier molecular flexibility index (Phi) is 7.72. The van der Waals surface area contributed by atoms with Crippen LogP contribution < -0.4 is 10.1 Å². The van der Waals surface area contributed by atoms with Gasteiger partial charge in [0.05, 0.1) is 18.8 Å². The van der Waals surface area contributed by atoms with Crippen molar-refractivity contribution in [2.24, 2.45) is 0 Å². The van der Waals surface area contributed by atoms with E-state index in [2.05, 4.69) is 24.1 Å². The highest BCUT2D eigenvalue weighted by molar-refractivity contribution is 5.39. The van der Waals surface area contributed by atoms with Crippen LogP contribution in [0.5, 0.6) is 5.75 Å². The molecule has 0 radical (unpaired) electrons. The fourth-order valence-electron chi connectivity index (χ4n) is 2.47. The summed E-state index contributed by atoms with van der Waals surface area (Å²) in [5.74, 6) is 0.840. The smallest absolute Gasteiger partial charge is 0.124 e. The van der Waals surface area contributed by atoms with E-state index in [0.29, 0.717) is 6.61 Å². The highest BCUT2D eigenvalue weighted by atomic mass is 16.5. The molecule has 0 bridgehead atoms. The third-order valence-corrected chi connectivity index (χ3v) is 3.94. The molecule has 0 saturated heterocycles. The van der Waals surface area contributed by atoms with Crippen molar-refractivity contribution in [1.29, 1.82) is 0 Å². The molecule has 0 aliphatic rings. The van der Waals surface area contributed by atoms with Gasteiger partial charge in [-0.25, -0.2) is 0 Å². The number of para-hydroxylation sites is 1. The maximum Gasteiger partial charge on any atom is 0.124 e. The van der Waals surface area contributed by atoms with Crippen molar-refractivity contribution in [2.75, 3.05) is 39.4 Å². The van der Waals surface area contributed by atoms with Gasteiger partial charge in [-0.15, -0.1) is 0 Å². The summed E-state index contributed by atoms with van der Waals surface area (Å²) in [6, 6.07) is 7.92. The van der Waals surface area contributed by atoms with Crippen molar-refractivity contribution in [3.05, 3.63) is 29.8 Å². The molecule has 1 aromatic carbocycles. The van der Waals surface area contributed by atoms with Gasteiger partial charge in [-0.1, -0.05) is 32.0 Å². The van der Waals surface area contributed by atoms with E-state index in [0.717, 1.165) is 37.5 Å². The molecule has 21 heavy (non-hydrogen) atoms. The van der Waals surface area contributed by atoms with Crippen LogP contribution in [0.25, 0.3) is 0 Å². The second-order valence-corrected chi connectivity index (χ2v) is 5.37. The van der Waals surface area contributed by atoms with Crippen molar-refractivity contribution in [3.8, 4) is 5.75 Å². The molecule has 4 heteroatoms. The van der Waals surface area contributed by atoms with Gasteiger partial charge in [0.2, 0.25) is 0 Å². The number of aliphatic hydroxyl groups excluding tert-OH is 1. The number of nitrogens with one attached hydrogen (secondary N) is 1. The number of likely N-dealkylation sites (N-methyl/N-ethyl adjacent to an activating group) is 1. The standard InChI is InChI=1S/C17H30N2O2/c1-5-19(6-2)13-12-18-17(4,14-20)15-10-8-9-11-16(15)21-7-3/h8-11,18,20H,5-7,12-14H2,1-4H3. The van der Waals surface area contributed by atoms with Gasteiger partial charge in [0, 0.05) is 18.7 Å². The molecule has 0 aliphatic heterocycles. The lowest BCUT2D eigenvalue weighted by atomic mass is 9.92. The number of hydrogen-bond donors (Lipinski definition) is 2. The van der Waals surface area contributed by atoms with Crippen LogP contribution in [0.15, 0.2) is 24.3 Å². The number of aliphatic hydroxyl groups is 1. The van der Waals surface area contributed by atoms with E-state index in [-0.39, 0.29) is 6.61 Å². The normalized spacial score (nSPS) is 14.2. The zero-order valence-electron chi connectivity index (χ0n) is 13.9. The number of rotatable bonds is 10. The van der Waals surface area contributed by atoms with E-state index >= 15 is 0 Å². The molecule has 1 rings (SSSR count). The van der Waals surface area contributed by atoms with E-state index in [1.165, 1.54) is 0 Å². The average Bonchev–Trinajstić information content (AvgIpc) is 2.52. The molecule has 120 valence electrons. The van der Waals surface area contributed by atoms with E-state index in [1.807, 2.05) is 38.1 Å². The second-order valence-electron chi connectivity index (χ2n) is 5.37. The summed E-state index contributed by atoms with van der Waals surface area (Å²) in [5, 5.41) is 13.4. The molecule has 1 atom stereocenters. The minimum Gasteiger partial charge on any atom is -0.494 e. The Labute approximate surface area is 129 Å². The third-order valence-electron chi connectivity index (χ3n) is 3.94. The van der Waals surface area contributed by atoms with Gasteiger partial charge in [0.1, 0.15) is 5.75 Å². The zero-order chi connectivity index (χ0) is 15.7. The second kappa shape index (κ2) is 9.03. The van der Waals surface area contributed by atoms with Crippen LogP contribution in [0.3, 0.4) is 0 Å². The van der Waals surface area contributed by atoms with Gasteiger partial charge in [-0.05, 0) is 33.0 Å². The number of hydrogen-bond acceptors (Lipinski definition) is 4. The molecule has 2 N–H and O–H groups in total. The van der Waals surface area contributed by atoms with Crippen LogP contribution in [0.1, 0.15) is 33.3 Å². The minimum absolute atomic E-state index is 0.0370. The summed E-state index contributed by atoms with van der Waals surface area (Å²) in [5.41, 5.74) is 0.521. The van der Waals surface area contributed by atoms with Gasteiger partial charge < -0.3 is 20.1 Å². The summed E-state index contributed by atoms with van der Waals surface area (Å²) in [6.07, 6.45) is 0. The van der Waals surface area contributed by atoms with Gasteiger partial charge in [0.25, 0.3) is 0 Å². The number of benzene rings is 1. The van der Waals surface area contributed by atoms with Crippen LogP contribution in [-0.2, 0) is 5.54 Å². The first kappa shape index (κ1) is 18.0. The highest BCUT2D eigenvalue weighted by Gasteiger charge is 2.28. The Balaban J connectivity index is 2.79. The molecule has 0 saturated carbocycles. The maximum atomic E-state index is 9.88. The lowest BCUT2D eigenvalue weighted by Gasteiger charge is -2.32. The monoisotopic (exact) mass is 294 g/mol. The molecule has 0 spiro atoms. The molecule has 4 nitrogen and oxygen atoms in total. The molecule has 0 amide bonds. The largest absolute Gasteiger partial charge is 0.494 e. The van der Waals surface area contributed by atoms with Gasteiger partial charge in [0.15, 0.2) is 0 Å². The first-order chi connectivity index (χ1) is 10.1. The SMILES string of the molecule is CCOc1ccccc1C(C)(CO)NCCN(CC)CC. The number of nitrogens with zero attached hydrogens (tertiary/aromatic N) is 1. The van der Waals surface area contributed by atoms with Crippen molar-refractivity contribution in [3.63, 3.8) is 0 Å². The van der Waals surface area contributed by atoms with Gasteiger partial charge in [-0.2, -0.15) is 0 Å². The van der Waals surface area contributed by atoms with Crippen LogP contribution in [-0.4, -0.2) is 49.4 Å². The van der Waals surface area contributed by atoms with Crippen LogP contribution >= 0.6 is 0 Å². The summed E-state index contributed by atoms with van der Waals surface area (Å²) in [4.78, 5) is 2.36. The van der Waals surface area contributed by atoms with Crippen LogP contribution in [0.2, 0.25) is 0 Å². The van der Waals surface area contributed by atoms with Gasteiger partial charge in [-0.3, -0.25) is 0 Å². The molecule has 0 aromatic heterocycles. The average molecular weight is 294 g/mol. The van der Waals surface area contributed by atoms with E-state index in [4.69, 9.17) is 4.74 Å². The number of ether oxygens (including phenoxy) is 1. The summed E-state index contributed by atoms with van der Waals surface area (Å²) >= 11 is 0. The summed E-state index contributed by atoms with van der Waals surface area (Å²) in [6.45, 7) is 12.9. The maximum absolute atomic E-state index is 9.88. The Morgan fingerprint density at radius 2 is 1.86 bits per heavy atom. The predicted octanol–water partition coefficient (Wildman–Crippen LogP) is 2.22. The van der Waals surface area contributed by atoms with Crippen molar-refractivity contribution < 1.29 is 9.84 Å². The Morgan fingerprint density at radius 1 is 1.19 bits per heavy atom. The van der Waals surface area contributed by atoms with E-state index in [9.17, 15) is 5.11 Å². The van der Waals surface area contributed by atoms with Gasteiger partial charge >= 0.3 is 0 Å².